The van der Waals surface area contributed by atoms with Gasteiger partial charge in [-0.3, -0.25) is 8.37 Å². The van der Waals surface area contributed by atoms with Crippen molar-refractivity contribution in [2.75, 3.05) is 13.2 Å². The minimum Gasteiger partial charge on any atom is -0.266 e. The van der Waals surface area contributed by atoms with Gasteiger partial charge in [-0.1, -0.05) is 35.4 Å². The third-order valence-electron chi connectivity index (χ3n) is 4.75. The van der Waals surface area contributed by atoms with Crippen LogP contribution in [0.15, 0.2) is 58.3 Å². The summed E-state index contributed by atoms with van der Waals surface area (Å²) in [6.07, 6.45) is -11.2. The number of alkyl halides is 6. The summed E-state index contributed by atoms with van der Waals surface area (Å²) in [5.41, 5.74) is 1.24. The van der Waals surface area contributed by atoms with E-state index in [0.29, 0.717) is 11.1 Å². The first kappa shape index (κ1) is 28.1. The van der Waals surface area contributed by atoms with Gasteiger partial charge in [-0.25, -0.2) is 0 Å². The molecule has 0 amide bonds. The summed E-state index contributed by atoms with van der Waals surface area (Å²) < 4.78 is 139. The van der Waals surface area contributed by atoms with Gasteiger partial charge in [0.25, 0.3) is 20.2 Å². The highest BCUT2D eigenvalue weighted by molar-refractivity contribution is 7.87. The first-order valence-electron chi connectivity index (χ1n) is 9.49. The van der Waals surface area contributed by atoms with E-state index in [1.54, 1.807) is 13.8 Å². The molecule has 0 spiro atoms. The molecule has 0 radical (unpaired) electrons. The van der Waals surface area contributed by atoms with Gasteiger partial charge in [0.05, 0.1) is 34.8 Å². The van der Waals surface area contributed by atoms with E-state index in [1.807, 2.05) is 0 Å². The highest BCUT2D eigenvalue weighted by Gasteiger charge is 2.56. The van der Waals surface area contributed by atoms with Crippen molar-refractivity contribution in [3.63, 3.8) is 0 Å². The molecule has 0 aliphatic rings. The van der Waals surface area contributed by atoms with Crippen LogP contribution in [0.1, 0.15) is 11.1 Å². The van der Waals surface area contributed by atoms with Crippen LogP contribution in [0.5, 0.6) is 0 Å². The standard InChI is InChI=1S/C20H20F6O6S2/c1-13-3-7-15(8-4-13)33(27,28)31-11-17(19(21,22)23)18(20(24,25)26)12-32-34(29,30)16-9-5-14(2)6-10-16/h3-10,17-18H,11-12H2,1-2H3. The average molecular weight is 534 g/mol. The fourth-order valence-corrected chi connectivity index (χ4v) is 4.61. The van der Waals surface area contributed by atoms with E-state index in [1.165, 1.54) is 24.3 Å². The summed E-state index contributed by atoms with van der Waals surface area (Å²) in [6.45, 7) is -0.652. The molecule has 34 heavy (non-hydrogen) atoms. The maximum atomic E-state index is 13.5. The van der Waals surface area contributed by atoms with Crippen LogP contribution in [0, 0.1) is 25.7 Å². The second kappa shape index (κ2) is 10.2. The number of hydrogen-bond donors (Lipinski definition) is 0. The molecule has 2 unspecified atom stereocenters. The molecule has 0 saturated heterocycles. The van der Waals surface area contributed by atoms with E-state index < -0.39 is 67.4 Å². The van der Waals surface area contributed by atoms with Crippen LogP contribution in [-0.4, -0.2) is 42.4 Å². The number of aryl methyl sites for hydroxylation is 2. The molecule has 0 heterocycles. The molecule has 0 saturated carbocycles. The quantitative estimate of drug-likeness (QED) is 0.340. The lowest BCUT2D eigenvalue weighted by Crippen LogP contribution is -2.44. The largest absolute Gasteiger partial charge is 0.394 e. The Kier molecular flexibility index (Phi) is 8.44. The Hall–Kier alpha value is -2.16. The highest BCUT2D eigenvalue weighted by Crippen LogP contribution is 2.42. The fourth-order valence-electron chi connectivity index (χ4n) is 2.75. The zero-order chi connectivity index (χ0) is 25.9. The molecule has 2 aromatic rings. The molecule has 0 fully saturated rings. The van der Waals surface area contributed by atoms with Crippen LogP contribution in [0.25, 0.3) is 0 Å². The number of halogens is 6. The zero-order valence-corrected chi connectivity index (χ0v) is 19.4. The normalized spacial score (nSPS) is 15.2. The van der Waals surface area contributed by atoms with E-state index in [0.717, 1.165) is 24.3 Å². The summed E-state index contributed by atoms with van der Waals surface area (Å²) in [4.78, 5) is -1.11. The Morgan fingerprint density at radius 2 is 0.882 bits per heavy atom. The SMILES string of the molecule is Cc1ccc(S(=O)(=O)OCC(C(COS(=O)(=O)c2ccc(C)cc2)C(F)(F)F)C(F)(F)F)cc1. The van der Waals surface area contributed by atoms with Gasteiger partial charge in [-0.2, -0.15) is 43.2 Å². The molecular formula is C20H20F6O6S2. The molecule has 2 rings (SSSR count). The molecule has 0 aliphatic heterocycles. The van der Waals surface area contributed by atoms with E-state index in [4.69, 9.17) is 0 Å². The van der Waals surface area contributed by atoms with Crippen LogP contribution in [0.4, 0.5) is 26.3 Å². The minimum absolute atomic E-state index is 0.555. The van der Waals surface area contributed by atoms with Crippen molar-refractivity contribution in [3.8, 4) is 0 Å². The lowest BCUT2D eigenvalue weighted by atomic mass is 9.92. The van der Waals surface area contributed by atoms with Crippen molar-refractivity contribution in [2.24, 2.45) is 11.8 Å². The molecule has 0 bridgehead atoms. The molecule has 2 atom stereocenters. The maximum absolute atomic E-state index is 13.5. The van der Waals surface area contributed by atoms with Crippen molar-refractivity contribution in [1.82, 2.24) is 0 Å². The Morgan fingerprint density at radius 3 is 1.12 bits per heavy atom. The predicted octanol–water partition coefficient (Wildman–Crippen LogP) is 4.77. The van der Waals surface area contributed by atoms with Crippen molar-refractivity contribution < 1.29 is 51.5 Å². The van der Waals surface area contributed by atoms with Gasteiger partial charge in [-0.15, -0.1) is 0 Å². The second-order valence-corrected chi connectivity index (χ2v) is 10.6. The fraction of sp³-hybridized carbons (Fsp3) is 0.400. The van der Waals surface area contributed by atoms with E-state index in [9.17, 15) is 43.2 Å². The maximum Gasteiger partial charge on any atom is 0.394 e. The summed E-state index contributed by atoms with van der Waals surface area (Å²) in [6, 6.07) is 9.36. The highest BCUT2D eigenvalue weighted by atomic mass is 32.2. The topological polar surface area (TPSA) is 86.7 Å². The molecule has 0 N–H and O–H groups in total. The van der Waals surface area contributed by atoms with Gasteiger partial charge < -0.3 is 0 Å². The second-order valence-electron chi connectivity index (χ2n) is 7.40. The predicted molar refractivity (Wildman–Crippen MR) is 108 cm³/mol. The molecule has 190 valence electrons. The van der Waals surface area contributed by atoms with Gasteiger partial charge in [0, 0.05) is 0 Å². The number of rotatable bonds is 9. The number of hydrogen-bond acceptors (Lipinski definition) is 6. The Balaban J connectivity index is 2.29. The summed E-state index contributed by atoms with van der Waals surface area (Å²) in [5.74, 6) is -6.86. The Bertz CT molecular complexity index is 1080. The van der Waals surface area contributed by atoms with Crippen LogP contribution < -0.4 is 0 Å². The smallest absolute Gasteiger partial charge is 0.266 e. The Labute approximate surface area is 192 Å². The average Bonchev–Trinajstić information content (AvgIpc) is 2.69. The third-order valence-corrected chi connectivity index (χ3v) is 7.34. The minimum atomic E-state index is -5.60. The lowest BCUT2D eigenvalue weighted by molar-refractivity contribution is -0.263. The molecular weight excluding hydrogens is 514 g/mol. The van der Waals surface area contributed by atoms with E-state index in [-0.39, 0.29) is 0 Å². The molecule has 0 aliphatic carbocycles. The number of benzene rings is 2. The van der Waals surface area contributed by atoms with Crippen molar-refractivity contribution in [1.29, 1.82) is 0 Å². The van der Waals surface area contributed by atoms with Crippen molar-refractivity contribution in [3.05, 3.63) is 59.7 Å². The molecule has 6 nitrogen and oxygen atoms in total. The summed E-state index contributed by atoms with van der Waals surface area (Å²) in [7, 11) is -9.66. The van der Waals surface area contributed by atoms with Gasteiger partial charge >= 0.3 is 12.4 Å². The molecule has 14 heteroatoms. The molecule has 0 aromatic heterocycles. The van der Waals surface area contributed by atoms with Gasteiger partial charge in [0.15, 0.2) is 0 Å². The summed E-state index contributed by atoms with van der Waals surface area (Å²) >= 11 is 0. The molecule has 2 aromatic carbocycles. The first-order chi connectivity index (χ1) is 15.4. The van der Waals surface area contributed by atoms with Crippen LogP contribution >= 0.6 is 0 Å². The van der Waals surface area contributed by atoms with Gasteiger partial charge in [0.2, 0.25) is 0 Å². The first-order valence-corrected chi connectivity index (χ1v) is 12.3. The third kappa shape index (κ3) is 7.42. The van der Waals surface area contributed by atoms with E-state index in [2.05, 4.69) is 8.37 Å². The van der Waals surface area contributed by atoms with Crippen LogP contribution in [0.3, 0.4) is 0 Å². The monoisotopic (exact) mass is 534 g/mol. The zero-order valence-electron chi connectivity index (χ0n) is 17.7. The van der Waals surface area contributed by atoms with Crippen LogP contribution in [0.2, 0.25) is 0 Å². The van der Waals surface area contributed by atoms with Gasteiger partial charge in [0.1, 0.15) is 0 Å². The summed E-state index contributed by atoms with van der Waals surface area (Å²) in [5, 5.41) is 0. The lowest BCUT2D eigenvalue weighted by Gasteiger charge is -2.29. The van der Waals surface area contributed by atoms with E-state index >= 15 is 0 Å². The van der Waals surface area contributed by atoms with Crippen molar-refractivity contribution in [2.45, 2.75) is 36.0 Å². The van der Waals surface area contributed by atoms with Crippen molar-refractivity contribution >= 4 is 20.2 Å². The van der Waals surface area contributed by atoms with Gasteiger partial charge in [-0.05, 0) is 38.1 Å². The Morgan fingerprint density at radius 1 is 0.618 bits per heavy atom. The van der Waals surface area contributed by atoms with Crippen LogP contribution in [-0.2, 0) is 28.6 Å².